The van der Waals surface area contributed by atoms with E-state index >= 15 is 0 Å². The van der Waals surface area contributed by atoms with Gasteiger partial charge in [0, 0.05) is 13.1 Å². The third kappa shape index (κ3) is 4.61. The van der Waals surface area contributed by atoms with Crippen molar-refractivity contribution in [1.29, 1.82) is 0 Å². The van der Waals surface area contributed by atoms with Gasteiger partial charge in [0.2, 0.25) is 11.8 Å². The van der Waals surface area contributed by atoms with Crippen LogP contribution in [0.1, 0.15) is 27.7 Å². The van der Waals surface area contributed by atoms with Gasteiger partial charge in [0.1, 0.15) is 0 Å². The summed E-state index contributed by atoms with van der Waals surface area (Å²) in [7, 11) is 0. The van der Waals surface area contributed by atoms with Crippen LogP contribution >= 0.6 is 0 Å². The molecule has 0 radical (unpaired) electrons. The van der Waals surface area contributed by atoms with Crippen LogP contribution in [0.5, 0.6) is 0 Å². The van der Waals surface area contributed by atoms with Gasteiger partial charge in [0.25, 0.3) is 0 Å². The Bertz CT molecular complexity index is 237. The molecule has 0 aliphatic rings. The number of likely N-dealkylation sites (N-methyl/N-ethyl adjacent to an activating group) is 1. The van der Waals surface area contributed by atoms with Crippen LogP contribution in [0.3, 0.4) is 0 Å². The largest absolute Gasteiger partial charge is 0.368 e. The summed E-state index contributed by atoms with van der Waals surface area (Å²) in [6.45, 7) is 9.16. The summed E-state index contributed by atoms with van der Waals surface area (Å²) < 4.78 is 0. The molecule has 94 valence electrons. The van der Waals surface area contributed by atoms with E-state index in [2.05, 4.69) is 5.32 Å². The first kappa shape index (κ1) is 14.9. The van der Waals surface area contributed by atoms with Gasteiger partial charge in [0.05, 0.1) is 12.6 Å². The van der Waals surface area contributed by atoms with Crippen LogP contribution in [-0.4, -0.2) is 42.4 Å². The number of hydrogen-bond donors (Lipinski definition) is 2. The van der Waals surface area contributed by atoms with Crippen LogP contribution < -0.4 is 11.1 Å². The SMILES string of the molecule is CCN(CC)C(=O)CNC(C(N)=O)C(C)C. The van der Waals surface area contributed by atoms with E-state index in [1.807, 2.05) is 27.7 Å². The average Bonchev–Trinajstić information content (AvgIpc) is 2.18. The van der Waals surface area contributed by atoms with Gasteiger partial charge in [-0.25, -0.2) is 0 Å². The number of nitrogens with one attached hydrogen (secondary N) is 1. The van der Waals surface area contributed by atoms with Crippen molar-refractivity contribution < 1.29 is 9.59 Å². The third-order valence-corrected chi connectivity index (χ3v) is 2.56. The van der Waals surface area contributed by atoms with Crippen molar-refractivity contribution in [3.05, 3.63) is 0 Å². The zero-order valence-corrected chi connectivity index (χ0v) is 10.6. The molecule has 0 aromatic carbocycles. The molecule has 0 bridgehead atoms. The Morgan fingerprint density at radius 2 is 1.75 bits per heavy atom. The number of amides is 2. The highest BCUT2D eigenvalue weighted by Crippen LogP contribution is 2.00. The summed E-state index contributed by atoms with van der Waals surface area (Å²) in [4.78, 5) is 24.5. The van der Waals surface area contributed by atoms with Gasteiger partial charge in [-0.2, -0.15) is 0 Å². The van der Waals surface area contributed by atoms with E-state index in [9.17, 15) is 9.59 Å². The van der Waals surface area contributed by atoms with Crippen molar-refractivity contribution in [1.82, 2.24) is 10.2 Å². The van der Waals surface area contributed by atoms with Crippen LogP contribution in [0.4, 0.5) is 0 Å². The molecular weight excluding hydrogens is 206 g/mol. The first-order valence-electron chi connectivity index (χ1n) is 5.74. The fraction of sp³-hybridized carbons (Fsp3) is 0.818. The molecule has 0 saturated carbocycles. The lowest BCUT2D eigenvalue weighted by Gasteiger charge is -2.22. The summed E-state index contributed by atoms with van der Waals surface area (Å²) in [6, 6.07) is -0.445. The van der Waals surface area contributed by atoms with Crippen molar-refractivity contribution in [2.24, 2.45) is 11.7 Å². The molecule has 5 nitrogen and oxygen atoms in total. The minimum Gasteiger partial charge on any atom is -0.368 e. The Labute approximate surface area is 97.4 Å². The molecule has 0 spiro atoms. The molecule has 0 aromatic heterocycles. The smallest absolute Gasteiger partial charge is 0.236 e. The maximum absolute atomic E-state index is 11.7. The van der Waals surface area contributed by atoms with Crippen molar-refractivity contribution in [3.8, 4) is 0 Å². The van der Waals surface area contributed by atoms with E-state index < -0.39 is 11.9 Å². The van der Waals surface area contributed by atoms with Gasteiger partial charge in [-0.3, -0.25) is 14.9 Å². The minimum atomic E-state index is -0.445. The Balaban J connectivity index is 4.20. The summed E-state index contributed by atoms with van der Waals surface area (Å²) >= 11 is 0. The summed E-state index contributed by atoms with van der Waals surface area (Å²) in [6.07, 6.45) is 0. The minimum absolute atomic E-state index is 0.00287. The molecule has 0 aliphatic carbocycles. The Morgan fingerprint density at radius 1 is 1.25 bits per heavy atom. The monoisotopic (exact) mass is 229 g/mol. The molecule has 0 fully saturated rings. The molecule has 16 heavy (non-hydrogen) atoms. The molecule has 0 rings (SSSR count). The molecule has 2 amide bonds. The first-order chi connectivity index (χ1) is 7.43. The highest BCUT2D eigenvalue weighted by molar-refractivity contribution is 5.82. The number of carbonyl (C=O) groups excluding carboxylic acids is 2. The summed E-state index contributed by atoms with van der Waals surface area (Å²) in [5.74, 6) is -0.332. The number of primary amides is 1. The van der Waals surface area contributed by atoms with Crippen LogP contribution in [0.2, 0.25) is 0 Å². The highest BCUT2D eigenvalue weighted by Gasteiger charge is 2.20. The third-order valence-electron chi connectivity index (χ3n) is 2.56. The highest BCUT2D eigenvalue weighted by atomic mass is 16.2. The second-order valence-corrected chi connectivity index (χ2v) is 4.07. The van der Waals surface area contributed by atoms with E-state index in [4.69, 9.17) is 5.73 Å². The van der Waals surface area contributed by atoms with E-state index in [-0.39, 0.29) is 18.4 Å². The number of rotatable bonds is 7. The maximum Gasteiger partial charge on any atom is 0.236 e. The van der Waals surface area contributed by atoms with E-state index in [0.717, 1.165) is 0 Å². The molecule has 0 heterocycles. The number of hydrogen-bond acceptors (Lipinski definition) is 3. The van der Waals surface area contributed by atoms with Gasteiger partial charge >= 0.3 is 0 Å². The summed E-state index contributed by atoms with van der Waals surface area (Å²) in [5.41, 5.74) is 5.24. The zero-order chi connectivity index (χ0) is 12.7. The molecule has 0 aliphatic heterocycles. The molecule has 1 atom stereocenters. The fourth-order valence-corrected chi connectivity index (χ4v) is 1.55. The van der Waals surface area contributed by atoms with Crippen molar-refractivity contribution >= 4 is 11.8 Å². The van der Waals surface area contributed by atoms with Crippen molar-refractivity contribution in [3.63, 3.8) is 0 Å². The normalized spacial score (nSPS) is 12.6. The zero-order valence-electron chi connectivity index (χ0n) is 10.6. The second-order valence-electron chi connectivity index (χ2n) is 4.07. The van der Waals surface area contributed by atoms with Crippen LogP contribution in [0, 0.1) is 5.92 Å². The Hall–Kier alpha value is -1.10. The standard InChI is InChI=1S/C11H23N3O2/c1-5-14(6-2)9(15)7-13-10(8(3)4)11(12)16/h8,10,13H,5-7H2,1-4H3,(H2,12,16). The lowest BCUT2D eigenvalue weighted by Crippen LogP contribution is -2.49. The Kier molecular flexibility index (Phi) is 6.72. The number of carbonyl (C=O) groups is 2. The molecule has 5 heteroatoms. The lowest BCUT2D eigenvalue weighted by molar-refractivity contribution is -0.130. The molecular formula is C11H23N3O2. The van der Waals surface area contributed by atoms with Gasteiger partial charge in [-0.15, -0.1) is 0 Å². The number of nitrogens with zero attached hydrogens (tertiary/aromatic N) is 1. The van der Waals surface area contributed by atoms with Gasteiger partial charge < -0.3 is 10.6 Å². The second kappa shape index (κ2) is 7.22. The average molecular weight is 229 g/mol. The van der Waals surface area contributed by atoms with E-state index in [0.29, 0.717) is 13.1 Å². The molecule has 0 saturated heterocycles. The molecule has 1 unspecified atom stereocenters. The predicted molar refractivity (Wildman–Crippen MR) is 63.8 cm³/mol. The lowest BCUT2D eigenvalue weighted by atomic mass is 10.0. The maximum atomic E-state index is 11.7. The molecule has 3 N–H and O–H groups in total. The quantitative estimate of drug-likeness (QED) is 0.643. The van der Waals surface area contributed by atoms with Crippen molar-refractivity contribution in [2.75, 3.05) is 19.6 Å². The van der Waals surface area contributed by atoms with Crippen LogP contribution in [0.15, 0.2) is 0 Å². The summed E-state index contributed by atoms with van der Waals surface area (Å²) in [5, 5.41) is 2.90. The van der Waals surface area contributed by atoms with Crippen LogP contribution in [0.25, 0.3) is 0 Å². The van der Waals surface area contributed by atoms with Gasteiger partial charge in [-0.05, 0) is 19.8 Å². The van der Waals surface area contributed by atoms with Crippen LogP contribution in [-0.2, 0) is 9.59 Å². The van der Waals surface area contributed by atoms with E-state index in [1.54, 1.807) is 4.90 Å². The number of nitrogens with two attached hydrogens (primary N) is 1. The fourth-order valence-electron chi connectivity index (χ4n) is 1.55. The van der Waals surface area contributed by atoms with Crippen molar-refractivity contribution in [2.45, 2.75) is 33.7 Å². The molecule has 0 aromatic rings. The Morgan fingerprint density at radius 3 is 2.06 bits per heavy atom. The first-order valence-corrected chi connectivity index (χ1v) is 5.74. The van der Waals surface area contributed by atoms with E-state index in [1.165, 1.54) is 0 Å². The topological polar surface area (TPSA) is 75.4 Å². The predicted octanol–water partition coefficient (Wildman–Crippen LogP) is -0.0457. The van der Waals surface area contributed by atoms with Gasteiger partial charge in [0.15, 0.2) is 0 Å². The van der Waals surface area contributed by atoms with Gasteiger partial charge in [-0.1, -0.05) is 13.8 Å².